The molecular weight excluding hydrogens is 219 g/mol. The highest BCUT2D eigenvalue weighted by Gasteiger charge is 2.20. The van der Waals surface area contributed by atoms with E-state index < -0.39 is 6.04 Å². The van der Waals surface area contributed by atoms with Crippen LogP contribution >= 0.6 is 0 Å². The van der Waals surface area contributed by atoms with Gasteiger partial charge in [0.2, 0.25) is 5.91 Å². The van der Waals surface area contributed by atoms with Gasteiger partial charge in [0.05, 0.1) is 12.1 Å². The molecule has 4 heteroatoms. The van der Waals surface area contributed by atoms with Gasteiger partial charge in [0, 0.05) is 5.56 Å². The van der Waals surface area contributed by atoms with Crippen LogP contribution in [0.5, 0.6) is 0 Å². The lowest BCUT2D eigenvalue weighted by molar-refractivity contribution is -0.123. The zero-order chi connectivity index (χ0) is 13.0. The average molecular weight is 238 g/mol. The summed E-state index contributed by atoms with van der Waals surface area (Å²) in [5, 5.41) is 2.71. The lowest BCUT2D eigenvalue weighted by atomic mass is 10.0. The van der Waals surface area contributed by atoms with Crippen LogP contribution in [0.15, 0.2) is 24.3 Å². The summed E-state index contributed by atoms with van der Waals surface area (Å²) in [7, 11) is 0. The second-order valence-electron chi connectivity index (χ2n) is 4.52. The molecule has 0 aliphatic rings. The molecule has 3 N–H and O–H groups in total. The van der Waals surface area contributed by atoms with Gasteiger partial charge in [-0.05, 0) is 18.9 Å². The Labute approximate surface area is 101 Å². The zero-order valence-corrected chi connectivity index (χ0v) is 10.4. The van der Waals surface area contributed by atoms with E-state index in [9.17, 15) is 9.18 Å². The van der Waals surface area contributed by atoms with E-state index in [-0.39, 0.29) is 23.7 Å². The van der Waals surface area contributed by atoms with E-state index in [1.54, 1.807) is 25.1 Å². The number of nitrogens with one attached hydrogen (secondary N) is 1. The summed E-state index contributed by atoms with van der Waals surface area (Å²) in [4.78, 5) is 11.7. The molecule has 94 valence electrons. The van der Waals surface area contributed by atoms with Gasteiger partial charge in [-0.25, -0.2) is 4.39 Å². The van der Waals surface area contributed by atoms with Gasteiger partial charge in [-0.3, -0.25) is 4.79 Å². The maximum atomic E-state index is 13.5. The Morgan fingerprint density at radius 3 is 2.41 bits per heavy atom. The van der Waals surface area contributed by atoms with Gasteiger partial charge in [-0.2, -0.15) is 0 Å². The lowest BCUT2D eigenvalue weighted by Crippen LogP contribution is -2.44. The molecule has 2 unspecified atom stereocenters. The number of rotatable bonds is 4. The molecule has 0 heterocycles. The summed E-state index contributed by atoms with van der Waals surface area (Å²) in [6.07, 6.45) is 0. The summed E-state index contributed by atoms with van der Waals surface area (Å²) in [6, 6.07) is 5.44. The van der Waals surface area contributed by atoms with Crippen molar-refractivity contribution in [2.45, 2.75) is 32.9 Å². The minimum absolute atomic E-state index is 0.0582. The first-order valence-electron chi connectivity index (χ1n) is 5.74. The SMILES string of the molecule is CC(NC(=O)C(N)C(C)C)c1ccccc1F. The third-order valence-corrected chi connectivity index (χ3v) is 2.75. The first kappa shape index (κ1) is 13.6. The first-order chi connectivity index (χ1) is 7.93. The normalized spacial score (nSPS) is 14.5. The summed E-state index contributed by atoms with van der Waals surface area (Å²) < 4.78 is 13.5. The largest absolute Gasteiger partial charge is 0.348 e. The van der Waals surface area contributed by atoms with Crippen LogP contribution in [0, 0.1) is 11.7 Å². The molecule has 1 rings (SSSR count). The quantitative estimate of drug-likeness (QED) is 0.842. The van der Waals surface area contributed by atoms with Crippen LogP contribution < -0.4 is 11.1 Å². The Morgan fingerprint density at radius 1 is 1.29 bits per heavy atom. The third kappa shape index (κ3) is 3.53. The maximum absolute atomic E-state index is 13.5. The van der Waals surface area contributed by atoms with Crippen LogP contribution in [0.3, 0.4) is 0 Å². The van der Waals surface area contributed by atoms with Gasteiger partial charge < -0.3 is 11.1 Å². The number of carbonyl (C=O) groups is 1. The number of hydrogen-bond acceptors (Lipinski definition) is 2. The van der Waals surface area contributed by atoms with Crippen molar-refractivity contribution in [1.82, 2.24) is 5.32 Å². The number of hydrogen-bond donors (Lipinski definition) is 2. The van der Waals surface area contributed by atoms with E-state index in [1.807, 2.05) is 13.8 Å². The molecule has 17 heavy (non-hydrogen) atoms. The second-order valence-corrected chi connectivity index (χ2v) is 4.52. The Balaban J connectivity index is 2.70. The van der Waals surface area contributed by atoms with Gasteiger partial charge in [0.25, 0.3) is 0 Å². The van der Waals surface area contributed by atoms with Gasteiger partial charge in [-0.1, -0.05) is 32.0 Å². The van der Waals surface area contributed by atoms with Crippen molar-refractivity contribution < 1.29 is 9.18 Å². The van der Waals surface area contributed by atoms with Crippen molar-refractivity contribution >= 4 is 5.91 Å². The van der Waals surface area contributed by atoms with Crippen LogP contribution in [0.25, 0.3) is 0 Å². The Bertz CT molecular complexity index is 393. The number of benzene rings is 1. The van der Waals surface area contributed by atoms with E-state index in [2.05, 4.69) is 5.32 Å². The van der Waals surface area contributed by atoms with E-state index in [0.717, 1.165) is 0 Å². The smallest absolute Gasteiger partial charge is 0.237 e. The van der Waals surface area contributed by atoms with Crippen LogP contribution in [0.2, 0.25) is 0 Å². The van der Waals surface area contributed by atoms with Crippen molar-refractivity contribution in [3.05, 3.63) is 35.6 Å². The van der Waals surface area contributed by atoms with Crippen LogP contribution in [-0.4, -0.2) is 11.9 Å². The minimum Gasteiger partial charge on any atom is -0.348 e. The predicted molar refractivity (Wildman–Crippen MR) is 65.8 cm³/mol. The molecule has 3 nitrogen and oxygen atoms in total. The molecule has 0 saturated carbocycles. The average Bonchev–Trinajstić information content (AvgIpc) is 2.28. The number of halogens is 1. The molecule has 0 radical (unpaired) electrons. The lowest BCUT2D eigenvalue weighted by Gasteiger charge is -2.20. The fraction of sp³-hybridized carbons (Fsp3) is 0.462. The summed E-state index contributed by atoms with van der Waals surface area (Å²) in [6.45, 7) is 5.49. The van der Waals surface area contributed by atoms with Gasteiger partial charge in [0.15, 0.2) is 0 Å². The minimum atomic E-state index is -0.566. The monoisotopic (exact) mass is 238 g/mol. The maximum Gasteiger partial charge on any atom is 0.237 e. The second kappa shape index (κ2) is 5.77. The highest BCUT2D eigenvalue weighted by Crippen LogP contribution is 2.16. The van der Waals surface area contributed by atoms with Crippen LogP contribution in [-0.2, 0) is 4.79 Å². The van der Waals surface area contributed by atoms with Gasteiger partial charge in [-0.15, -0.1) is 0 Å². The molecule has 1 aromatic carbocycles. The number of nitrogens with two attached hydrogens (primary N) is 1. The first-order valence-corrected chi connectivity index (χ1v) is 5.74. The summed E-state index contributed by atoms with van der Waals surface area (Å²) in [5.41, 5.74) is 6.19. The van der Waals surface area contributed by atoms with Crippen molar-refractivity contribution in [2.24, 2.45) is 11.7 Å². The highest BCUT2D eigenvalue weighted by atomic mass is 19.1. The standard InChI is InChI=1S/C13H19FN2O/c1-8(2)12(15)13(17)16-9(3)10-6-4-5-7-11(10)14/h4-9,12H,15H2,1-3H3,(H,16,17). The van der Waals surface area contributed by atoms with Gasteiger partial charge >= 0.3 is 0 Å². The van der Waals surface area contributed by atoms with E-state index in [4.69, 9.17) is 5.73 Å². The molecule has 0 saturated heterocycles. The highest BCUT2D eigenvalue weighted by molar-refractivity contribution is 5.82. The van der Waals surface area contributed by atoms with E-state index >= 15 is 0 Å². The molecule has 2 atom stereocenters. The molecule has 0 aromatic heterocycles. The molecule has 1 amide bonds. The molecule has 0 fully saturated rings. The number of carbonyl (C=O) groups excluding carboxylic acids is 1. The third-order valence-electron chi connectivity index (χ3n) is 2.75. The van der Waals surface area contributed by atoms with Crippen molar-refractivity contribution in [1.29, 1.82) is 0 Å². The van der Waals surface area contributed by atoms with Crippen molar-refractivity contribution in [3.8, 4) is 0 Å². The Kier molecular flexibility index (Phi) is 4.63. The topological polar surface area (TPSA) is 55.1 Å². The van der Waals surface area contributed by atoms with Gasteiger partial charge in [0.1, 0.15) is 5.82 Å². The van der Waals surface area contributed by atoms with E-state index in [1.165, 1.54) is 6.07 Å². The van der Waals surface area contributed by atoms with Crippen LogP contribution in [0.1, 0.15) is 32.4 Å². The zero-order valence-electron chi connectivity index (χ0n) is 10.4. The molecule has 1 aromatic rings. The Morgan fingerprint density at radius 2 is 1.88 bits per heavy atom. The number of amides is 1. The van der Waals surface area contributed by atoms with Crippen molar-refractivity contribution in [3.63, 3.8) is 0 Å². The molecule has 0 aliphatic heterocycles. The Hall–Kier alpha value is -1.42. The molecule has 0 bridgehead atoms. The summed E-state index contributed by atoms with van der Waals surface area (Å²) >= 11 is 0. The van der Waals surface area contributed by atoms with E-state index in [0.29, 0.717) is 5.56 Å². The van der Waals surface area contributed by atoms with Crippen molar-refractivity contribution in [2.75, 3.05) is 0 Å². The fourth-order valence-electron chi connectivity index (χ4n) is 1.52. The molecule has 0 aliphatic carbocycles. The van der Waals surface area contributed by atoms with Crippen LogP contribution in [0.4, 0.5) is 4.39 Å². The molecule has 0 spiro atoms. The fourth-order valence-corrected chi connectivity index (χ4v) is 1.52. The molecular formula is C13H19FN2O. The summed E-state index contributed by atoms with van der Waals surface area (Å²) in [5.74, 6) is -0.517. The predicted octanol–water partition coefficient (Wildman–Crippen LogP) is 1.99.